The van der Waals surface area contributed by atoms with Crippen LogP contribution in [-0.2, 0) is 11.2 Å². The summed E-state index contributed by atoms with van der Waals surface area (Å²) in [6.07, 6.45) is 1.20. The first-order valence-electron chi connectivity index (χ1n) is 6.13. The van der Waals surface area contributed by atoms with Gasteiger partial charge in [0, 0.05) is 6.42 Å². The number of benzene rings is 1. The van der Waals surface area contributed by atoms with Crippen LogP contribution >= 0.6 is 12.2 Å². The van der Waals surface area contributed by atoms with E-state index in [0.29, 0.717) is 17.3 Å². The average molecular weight is 264 g/mol. The van der Waals surface area contributed by atoms with Gasteiger partial charge in [-0.25, -0.2) is 0 Å². The highest BCUT2D eigenvalue weighted by Gasteiger charge is 2.03. The van der Waals surface area contributed by atoms with Gasteiger partial charge >= 0.3 is 0 Å². The summed E-state index contributed by atoms with van der Waals surface area (Å²) >= 11 is 4.69. The Kier molecular flexibility index (Phi) is 5.78. The summed E-state index contributed by atoms with van der Waals surface area (Å²) in [5.74, 6) is 0.517. The molecule has 1 rings (SSSR count). The number of aryl methyl sites for hydroxylation is 1. The summed E-state index contributed by atoms with van der Waals surface area (Å²) in [6.45, 7) is 4.61. The summed E-state index contributed by atoms with van der Waals surface area (Å²) < 4.78 is 0. The van der Waals surface area contributed by atoms with Crippen LogP contribution in [0.25, 0.3) is 0 Å². The predicted molar refractivity (Wildman–Crippen MR) is 78.6 cm³/mol. The molecule has 1 aromatic rings. The Balaban J connectivity index is 2.39. The van der Waals surface area contributed by atoms with Gasteiger partial charge in [0.25, 0.3) is 0 Å². The minimum Gasteiger partial charge on any atom is -0.392 e. The van der Waals surface area contributed by atoms with E-state index in [0.717, 1.165) is 6.42 Å². The van der Waals surface area contributed by atoms with Crippen LogP contribution in [0.1, 0.15) is 37.3 Å². The van der Waals surface area contributed by atoms with Crippen molar-refractivity contribution in [3.8, 4) is 0 Å². The summed E-state index contributed by atoms with van der Waals surface area (Å²) in [6, 6.07) is 8.40. The molecule has 0 fully saturated rings. The zero-order valence-electron chi connectivity index (χ0n) is 10.9. The molecule has 0 aliphatic carbocycles. The van der Waals surface area contributed by atoms with Crippen LogP contribution in [0.15, 0.2) is 24.3 Å². The fourth-order valence-corrected chi connectivity index (χ4v) is 1.67. The molecule has 0 heterocycles. The first kappa shape index (κ1) is 14.6. The lowest BCUT2D eigenvalue weighted by Gasteiger charge is -2.07. The Morgan fingerprint density at radius 1 is 1.33 bits per heavy atom. The maximum Gasteiger partial charge on any atom is 0.220 e. The lowest BCUT2D eigenvalue weighted by molar-refractivity contribution is -0.120. The Hall–Kier alpha value is -1.42. The van der Waals surface area contributed by atoms with Crippen molar-refractivity contribution in [1.29, 1.82) is 0 Å². The number of hydrogen-bond acceptors (Lipinski definition) is 2. The number of nitrogens with two attached hydrogens (primary N) is 1. The molecule has 98 valence electrons. The maximum atomic E-state index is 11.5. The van der Waals surface area contributed by atoms with E-state index in [4.69, 9.17) is 18.0 Å². The van der Waals surface area contributed by atoms with Crippen molar-refractivity contribution in [2.24, 2.45) is 5.73 Å². The van der Waals surface area contributed by atoms with E-state index in [1.54, 1.807) is 0 Å². The molecule has 0 radical (unpaired) electrons. The van der Waals surface area contributed by atoms with Gasteiger partial charge in [-0.1, -0.05) is 50.3 Å². The lowest BCUT2D eigenvalue weighted by atomic mass is 10.0. The molecule has 0 saturated heterocycles. The second kappa shape index (κ2) is 7.11. The van der Waals surface area contributed by atoms with Gasteiger partial charge in [-0.3, -0.25) is 4.79 Å². The molecule has 18 heavy (non-hydrogen) atoms. The molecule has 0 bridgehead atoms. The first-order valence-corrected chi connectivity index (χ1v) is 6.53. The number of carbonyl (C=O) groups excluding carboxylic acids is 1. The molecule has 0 aromatic heterocycles. The van der Waals surface area contributed by atoms with E-state index in [1.165, 1.54) is 11.1 Å². The second-order valence-electron chi connectivity index (χ2n) is 4.64. The third-order valence-corrected chi connectivity index (χ3v) is 2.89. The van der Waals surface area contributed by atoms with Gasteiger partial charge in [0.05, 0.1) is 11.5 Å². The number of carbonyl (C=O) groups is 1. The van der Waals surface area contributed by atoms with Gasteiger partial charge < -0.3 is 11.1 Å². The van der Waals surface area contributed by atoms with E-state index in [-0.39, 0.29) is 12.5 Å². The van der Waals surface area contributed by atoms with Crippen LogP contribution in [0.3, 0.4) is 0 Å². The van der Waals surface area contributed by atoms with Gasteiger partial charge in [0.2, 0.25) is 5.91 Å². The molecule has 0 saturated carbocycles. The zero-order valence-corrected chi connectivity index (χ0v) is 11.7. The standard InChI is InChI=1S/C14H20N2OS/c1-10(2)12-6-3-11(4-7-12)5-8-14(17)16-9-13(15)18/h3-4,6-7,10H,5,8-9H2,1-2H3,(H2,15,18)(H,16,17). The van der Waals surface area contributed by atoms with Crippen LogP contribution < -0.4 is 11.1 Å². The lowest BCUT2D eigenvalue weighted by Crippen LogP contribution is -2.32. The zero-order chi connectivity index (χ0) is 13.5. The highest BCUT2D eigenvalue weighted by Crippen LogP contribution is 2.15. The third-order valence-electron chi connectivity index (χ3n) is 2.75. The van der Waals surface area contributed by atoms with Crippen LogP contribution in [0, 0.1) is 0 Å². The molecular formula is C14H20N2OS. The average Bonchev–Trinajstić information content (AvgIpc) is 2.34. The molecular weight excluding hydrogens is 244 g/mol. The molecule has 1 aromatic carbocycles. The Morgan fingerprint density at radius 2 is 1.94 bits per heavy atom. The normalized spacial score (nSPS) is 10.4. The van der Waals surface area contributed by atoms with E-state index in [2.05, 4.69) is 43.4 Å². The smallest absolute Gasteiger partial charge is 0.220 e. The van der Waals surface area contributed by atoms with Crippen molar-refractivity contribution in [2.45, 2.75) is 32.6 Å². The van der Waals surface area contributed by atoms with Gasteiger partial charge in [-0.05, 0) is 23.5 Å². The van der Waals surface area contributed by atoms with Crippen LogP contribution in [0.2, 0.25) is 0 Å². The number of nitrogens with one attached hydrogen (secondary N) is 1. The third kappa shape index (κ3) is 5.27. The van der Waals surface area contributed by atoms with E-state index in [9.17, 15) is 4.79 Å². The molecule has 0 aliphatic heterocycles. The highest BCUT2D eigenvalue weighted by molar-refractivity contribution is 7.80. The van der Waals surface area contributed by atoms with Crippen molar-refractivity contribution in [3.63, 3.8) is 0 Å². The summed E-state index contributed by atoms with van der Waals surface area (Å²) in [7, 11) is 0. The maximum absolute atomic E-state index is 11.5. The number of amides is 1. The van der Waals surface area contributed by atoms with E-state index in [1.807, 2.05) is 0 Å². The van der Waals surface area contributed by atoms with E-state index >= 15 is 0 Å². The van der Waals surface area contributed by atoms with Crippen molar-refractivity contribution in [3.05, 3.63) is 35.4 Å². The van der Waals surface area contributed by atoms with Crippen LogP contribution in [0.4, 0.5) is 0 Å². The monoisotopic (exact) mass is 264 g/mol. The number of rotatable bonds is 6. The number of hydrogen-bond donors (Lipinski definition) is 2. The Bertz CT molecular complexity index is 412. The fraction of sp³-hybridized carbons (Fsp3) is 0.429. The second-order valence-corrected chi connectivity index (χ2v) is 5.16. The van der Waals surface area contributed by atoms with Gasteiger partial charge in [-0.2, -0.15) is 0 Å². The number of thiocarbonyl (C=S) groups is 1. The molecule has 0 unspecified atom stereocenters. The van der Waals surface area contributed by atoms with Crippen molar-refractivity contribution < 1.29 is 4.79 Å². The largest absolute Gasteiger partial charge is 0.392 e. The molecule has 4 heteroatoms. The highest BCUT2D eigenvalue weighted by atomic mass is 32.1. The molecule has 3 nitrogen and oxygen atoms in total. The van der Waals surface area contributed by atoms with Gasteiger partial charge in [0.1, 0.15) is 0 Å². The first-order chi connectivity index (χ1) is 8.49. The summed E-state index contributed by atoms with van der Waals surface area (Å²) in [4.78, 5) is 11.8. The van der Waals surface area contributed by atoms with Gasteiger partial charge in [0.15, 0.2) is 0 Å². The van der Waals surface area contributed by atoms with Crippen LogP contribution in [-0.4, -0.2) is 17.4 Å². The topological polar surface area (TPSA) is 55.1 Å². The van der Waals surface area contributed by atoms with Crippen molar-refractivity contribution >= 4 is 23.1 Å². The fourth-order valence-electron chi connectivity index (χ4n) is 1.60. The Morgan fingerprint density at radius 3 is 2.44 bits per heavy atom. The van der Waals surface area contributed by atoms with E-state index < -0.39 is 0 Å². The summed E-state index contributed by atoms with van der Waals surface area (Å²) in [5, 5.41) is 2.68. The molecule has 3 N–H and O–H groups in total. The minimum absolute atomic E-state index is 0.0178. The van der Waals surface area contributed by atoms with Crippen molar-refractivity contribution in [2.75, 3.05) is 6.54 Å². The SMILES string of the molecule is CC(C)c1ccc(CCC(=O)NCC(N)=S)cc1. The minimum atomic E-state index is -0.0178. The quantitative estimate of drug-likeness (QED) is 0.774. The molecule has 1 amide bonds. The Labute approximate surface area is 114 Å². The molecule has 0 spiro atoms. The van der Waals surface area contributed by atoms with Gasteiger partial charge in [-0.15, -0.1) is 0 Å². The van der Waals surface area contributed by atoms with Crippen LogP contribution in [0.5, 0.6) is 0 Å². The predicted octanol–water partition coefficient (Wildman–Crippen LogP) is 2.14. The summed E-state index contributed by atoms with van der Waals surface area (Å²) in [5.41, 5.74) is 7.80. The molecule has 0 aliphatic rings. The molecule has 0 atom stereocenters. The van der Waals surface area contributed by atoms with Crippen molar-refractivity contribution in [1.82, 2.24) is 5.32 Å².